The summed E-state index contributed by atoms with van der Waals surface area (Å²) in [5.74, 6) is 3.71. The summed E-state index contributed by atoms with van der Waals surface area (Å²) in [6.07, 6.45) is 9.57. The Balaban J connectivity index is 0.000000356. The van der Waals surface area contributed by atoms with Gasteiger partial charge in [-0.1, -0.05) is 41.5 Å². The molecule has 21 heteroatoms. The van der Waals surface area contributed by atoms with Crippen LogP contribution in [0.4, 0.5) is 35.7 Å². The van der Waals surface area contributed by atoms with E-state index in [0.717, 1.165) is 19.6 Å². The Labute approximate surface area is 298 Å². The van der Waals surface area contributed by atoms with E-state index in [0.29, 0.717) is 41.5 Å². The minimum absolute atomic E-state index is 0.193. The van der Waals surface area contributed by atoms with Gasteiger partial charge in [-0.05, 0) is 32.9 Å². The Morgan fingerprint density at radius 3 is 1.49 bits per heavy atom. The van der Waals surface area contributed by atoms with Crippen molar-refractivity contribution in [3.8, 4) is 17.7 Å². The summed E-state index contributed by atoms with van der Waals surface area (Å²) in [7, 11) is 0. The average Bonchev–Trinajstić information content (AvgIpc) is 3.87. The highest BCUT2D eigenvalue weighted by Gasteiger charge is 2.11. The zero-order valence-corrected chi connectivity index (χ0v) is 30.8. The van der Waals surface area contributed by atoms with E-state index in [9.17, 15) is 0 Å². The van der Waals surface area contributed by atoms with Crippen molar-refractivity contribution in [2.45, 2.75) is 62.3 Å². The molecule has 21 nitrogen and oxygen atoms in total. The van der Waals surface area contributed by atoms with Crippen molar-refractivity contribution in [3.05, 3.63) is 55.5 Å². The summed E-state index contributed by atoms with van der Waals surface area (Å²) >= 11 is 0. The van der Waals surface area contributed by atoms with Gasteiger partial charge in [0, 0.05) is 56.7 Å². The lowest BCUT2D eigenvalue weighted by molar-refractivity contribution is 0.811. The van der Waals surface area contributed by atoms with Crippen molar-refractivity contribution in [1.82, 2.24) is 74.2 Å². The van der Waals surface area contributed by atoms with Crippen LogP contribution in [0.1, 0.15) is 62.3 Å². The van der Waals surface area contributed by atoms with Crippen LogP contribution in [0.15, 0.2) is 55.5 Å². The molecular weight excluding hydrogens is 654 g/mol. The van der Waals surface area contributed by atoms with Gasteiger partial charge in [0.1, 0.15) is 6.33 Å². The summed E-state index contributed by atoms with van der Waals surface area (Å²) in [6.45, 7) is 20.1. The minimum atomic E-state index is 0.193. The van der Waals surface area contributed by atoms with E-state index < -0.39 is 0 Å². The van der Waals surface area contributed by atoms with Crippen molar-refractivity contribution >= 4 is 35.7 Å². The molecule has 0 saturated heterocycles. The maximum absolute atomic E-state index is 5.69. The lowest BCUT2D eigenvalue weighted by Crippen LogP contribution is -2.09. The molecule has 0 aliphatic rings. The van der Waals surface area contributed by atoms with Gasteiger partial charge in [-0.25, -0.2) is 29.9 Å². The Morgan fingerprint density at radius 2 is 1.02 bits per heavy atom. The molecule has 0 saturated carbocycles. The number of nitrogens with zero attached hydrogens (tertiary/aromatic N) is 15. The summed E-state index contributed by atoms with van der Waals surface area (Å²) in [6, 6.07) is 5.17. The first-order valence-corrected chi connectivity index (χ1v) is 16.6. The van der Waals surface area contributed by atoms with Crippen LogP contribution in [0.3, 0.4) is 0 Å². The standard InChI is InChI=1S/3C8H11N7.3C2H6/c1-2-11-8-13-7(9)15(14-8)6-3-4-10-5-12-6;1-2-10-8-13-6(9)14-15(8)7-11-4-3-5-12-7;1-2-10-7-13-6(9)15(14-7)8-11-4-3-5-12-8;3*1-2/h3-5H,2H2,1H3,(H3,9,11,13,14);2*3-5H,2H2,1H3,(H3,9,10,13,14);3*1-2H3. The van der Waals surface area contributed by atoms with Gasteiger partial charge in [0.25, 0.3) is 11.9 Å². The molecule has 0 aliphatic heterocycles. The maximum Gasteiger partial charge on any atom is 0.253 e. The number of nitrogens with two attached hydrogens (primary N) is 3. The highest BCUT2D eigenvalue weighted by molar-refractivity contribution is 5.38. The molecule has 0 amide bonds. The molecule has 0 aliphatic carbocycles. The predicted molar refractivity (Wildman–Crippen MR) is 201 cm³/mol. The van der Waals surface area contributed by atoms with Crippen molar-refractivity contribution in [2.24, 2.45) is 0 Å². The van der Waals surface area contributed by atoms with Crippen molar-refractivity contribution in [1.29, 1.82) is 0 Å². The van der Waals surface area contributed by atoms with Gasteiger partial charge in [-0.15, -0.1) is 15.3 Å². The monoisotopic (exact) mass is 705 g/mol. The summed E-state index contributed by atoms with van der Waals surface area (Å²) in [4.78, 5) is 36.1. The average molecular weight is 706 g/mol. The summed E-state index contributed by atoms with van der Waals surface area (Å²) in [5, 5.41) is 21.2. The fraction of sp³-hybridized carbons (Fsp3) is 0.400. The first kappa shape index (κ1) is 42.5. The summed E-state index contributed by atoms with van der Waals surface area (Å²) in [5.41, 5.74) is 16.9. The lowest BCUT2D eigenvalue weighted by atomic mass is 10.6. The fourth-order valence-corrected chi connectivity index (χ4v) is 3.38. The number of hydrogen-bond acceptors (Lipinski definition) is 18. The van der Waals surface area contributed by atoms with E-state index in [-0.39, 0.29) is 11.9 Å². The largest absolute Gasteiger partial charge is 0.368 e. The first-order chi connectivity index (χ1) is 24.9. The molecule has 6 heterocycles. The number of anilines is 6. The van der Waals surface area contributed by atoms with E-state index in [2.05, 4.69) is 76.1 Å². The molecule has 0 spiro atoms. The van der Waals surface area contributed by atoms with Crippen LogP contribution >= 0.6 is 0 Å². The molecule has 0 bridgehead atoms. The van der Waals surface area contributed by atoms with Gasteiger partial charge in [0.15, 0.2) is 5.82 Å². The fourth-order valence-electron chi connectivity index (χ4n) is 3.38. The molecule has 6 aromatic heterocycles. The number of aromatic nitrogens is 15. The molecule has 0 radical (unpaired) electrons. The third-order valence-corrected chi connectivity index (χ3v) is 5.16. The Kier molecular flexibility index (Phi) is 20.5. The molecule has 9 N–H and O–H groups in total. The second-order valence-corrected chi connectivity index (χ2v) is 8.37. The zero-order chi connectivity index (χ0) is 38.0. The van der Waals surface area contributed by atoms with Crippen LogP contribution in [0.25, 0.3) is 17.7 Å². The zero-order valence-electron chi connectivity index (χ0n) is 30.8. The van der Waals surface area contributed by atoms with Crippen molar-refractivity contribution < 1.29 is 0 Å². The third-order valence-electron chi connectivity index (χ3n) is 5.16. The molecule has 6 rings (SSSR count). The van der Waals surface area contributed by atoms with Crippen LogP contribution in [0.5, 0.6) is 0 Å². The smallest absolute Gasteiger partial charge is 0.253 e. The van der Waals surface area contributed by atoms with Crippen molar-refractivity contribution in [2.75, 3.05) is 52.8 Å². The lowest BCUT2D eigenvalue weighted by Gasteiger charge is -2.02. The van der Waals surface area contributed by atoms with E-state index >= 15 is 0 Å². The second kappa shape index (κ2) is 24.6. The van der Waals surface area contributed by atoms with Gasteiger partial charge in [-0.2, -0.15) is 29.0 Å². The van der Waals surface area contributed by atoms with E-state index in [1.807, 2.05) is 62.3 Å². The number of hydrogen-bond donors (Lipinski definition) is 6. The van der Waals surface area contributed by atoms with Gasteiger partial charge >= 0.3 is 0 Å². The maximum atomic E-state index is 5.69. The predicted octanol–water partition coefficient (Wildman–Crippen LogP) is 3.29. The first-order valence-electron chi connectivity index (χ1n) is 16.6. The summed E-state index contributed by atoms with van der Waals surface area (Å²) < 4.78 is 4.32. The normalized spacial score (nSPS) is 9.35. The Morgan fingerprint density at radius 1 is 0.549 bits per heavy atom. The molecular formula is C30H51N21. The number of nitrogens with one attached hydrogen (secondary N) is 3. The number of nitrogen functional groups attached to an aromatic ring is 3. The van der Waals surface area contributed by atoms with Gasteiger partial charge in [0.2, 0.25) is 35.7 Å². The Hall–Kier alpha value is -6.54. The molecule has 276 valence electrons. The van der Waals surface area contributed by atoms with Crippen LogP contribution in [0, 0.1) is 0 Å². The van der Waals surface area contributed by atoms with Gasteiger partial charge in [0.05, 0.1) is 0 Å². The second-order valence-electron chi connectivity index (χ2n) is 8.37. The molecule has 0 fully saturated rings. The van der Waals surface area contributed by atoms with Gasteiger partial charge in [-0.3, -0.25) is 0 Å². The van der Waals surface area contributed by atoms with Crippen LogP contribution in [0.2, 0.25) is 0 Å². The molecule has 0 aromatic carbocycles. The van der Waals surface area contributed by atoms with Crippen LogP contribution in [-0.4, -0.2) is 93.8 Å². The topological polar surface area (TPSA) is 284 Å². The third kappa shape index (κ3) is 13.5. The SMILES string of the molecule is CC.CC.CC.CCNc1nc(N)n(-c2ccncn2)n1.CCNc1nc(N)n(-c2ncccn2)n1.CCNc1nc(N)nn1-c1ncccn1. The van der Waals surface area contributed by atoms with E-state index in [1.165, 1.54) is 20.4 Å². The van der Waals surface area contributed by atoms with Crippen molar-refractivity contribution in [3.63, 3.8) is 0 Å². The molecule has 0 atom stereocenters. The van der Waals surface area contributed by atoms with E-state index in [1.54, 1.807) is 49.2 Å². The van der Waals surface area contributed by atoms with Crippen LogP contribution < -0.4 is 33.2 Å². The van der Waals surface area contributed by atoms with Crippen LogP contribution in [-0.2, 0) is 0 Å². The minimum Gasteiger partial charge on any atom is -0.368 e. The molecule has 51 heavy (non-hydrogen) atoms. The highest BCUT2D eigenvalue weighted by atomic mass is 15.5. The quantitative estimate of drug-likeness (QED) is 0.126. The Bertz CT molecular complexity index is 1630. The highest BCUT2D eigenvalue weighted by Crippen LogP contribution is 2.11. The van der Waals surface area contributed by atoms with Gasteiger partial charge < -0.3 is 33.2 Å². The van der Waals surface area contributed by atoms with E-state index in [4.69, 9.17) is 17.2 Å². The number of rotatable bonds is 9. The molecule has 6 aromatic rings. The molecule has 0 unspecified atom stereocenters.